The number of aliphatic hydroxyl groups excluding tert-OH is 1. The number of para-hydroxylation sites is 2. The fourth-order valence-corrected chi connectivity index (χ4v) is 3.74. The molecule has 2 aromatic heterocycles. The SMILES string of the molecule is OC1c2cc(OCc3cnc4ccccc4n3)ccc2OCC1Cc1cccnc1. The van der Waals surface area contributed by atoms with E-state index >= 15 is 0 Å². The standard InChI is InChI=1S/C24H21N3O3/c28-24-17(10-16-4-3-9-25-12-16)14-30-23-8-7-19(11-20(23)24)29-15-18-13-26-21-5-1-2-6-22(21)27-18/h1-9,11-13,17,24,28H,10,14-15H2. The van der Waals surface area contributed by atoms with Crippen molar-refractivity contribution in [3.63, 3.8) is 0 Å². The maximum Gasteiger partial charge on any atom is 0.132 e. The number of pyridine rings is 1. The van der Waals surface area contributed by atoms with Gasteiger partial charge in [0.2, 0.25) is 0 Å². The minimum absolute atomic E-state index is 0.0386. The van der Waals surface area contributed by atoms with Crippen LogP contribution in [0.2, 0.25) is 0 Å². The van der Waals surface area contributed by atoms with Gasteiger partial charge in [0, 0.05) is 23.9 Å². The smallest absolute Gasteiger partial charge is 0.132 e. The number of ether oxygens (including phenoxy) is 2. The third-order valence-corrected chi connectivity index (χ3v) is 5.31. The fourth-order valence-electron chi connectivity index (χ4n) is 3.74. The summed E-state index contributed by atoms with van der Waals surface area (Å²) in [6.07, 6.45) is 5.37. The van der Waals surface area contributed by atoms with Gasteiger partial charge in [-0.3, -0.25) is 9.97 Å². The van der Waals surface area contributed by atoms with Gasteiger partial charge in [-0.05, 0) is 48.4 Å². The summed E-state index contributed by atoms with van der Waals surface area (Å²) in [5, 5.41) is 10.9. The Morgan fingerprint density at radius 1 is 1.03 bits per heavy atom. The molecule has 3 heterocycles. The molecule has 6 nitrogen and oxygen atoms in total. The van der Waals surface area contributed by atoms with E-state index in [1.807, 2.05) is 60.8 Å². The lowest BCUT2D eigenvalue weighted by Crippen LogP contribution is -2.27. The quantitative estimate of drug-likeness (QED) is 0.549. The number of aromatic nitrogens is 3. The second kappa shape index (κ2) is 8.08. The molecule has 1 aliphatic heterocycles. The van der Waals surface area contributed by atoms with Gasteiger partial charge in [0.1, 0.15) is 18.1 Å². The number of hydrogen-bond donors (Lipinski definition) is 1. The molecule has 0 spiro atoms. The average Bonchev–Trinajstić information content (AvgIpc) is 2.80. The number of aliphatic hydroxyl groups is 1. The summed E-state index contributed by atoms with van der Waals surface area (Å²) in [4.78, 5) is 13.2. The van der Waals surface area contributed by atoms with Gasteiger partial charge in [-0.2, -0.15) is 0 Å². The van der Waals surface area contributed by atoms with Crippen LogP contribution in [0.3, 0.4) is 0 Å². The number of benzene rings is 2. The molecule has 0 fully saturated rings. The summed E-state index contributed by atoms with van der Waals surface area (Å²) in [5.41, 5.74) is 4.27. The highest BCUT2D eigenvalue weighted by molar-refractivity contribution is 5.73. The Hall–Kier alpha value is -3.51. The van der Waals surface area contributed by atoms with Crippen LogP contribution in [-0.4, -0.2) is 26.7 Å². The maximum absolute atomic E-state index is 10.9. The summed E-state index contributed by atoms with van der Waals surface area (Å²) in [5.74, 6) is 1.32. The first-order valence-corrected chi connectivity index (χ1v) is 9.93. The van der Waals surface area contributed by atoms with Crippen LogP contribution in [0.15, 0.2) is 73.2 Å². The van der Waals surface area contributed by atoms with E-state index in [2.05, 4.69) is 15.0 Å². The van der Waals surface area contributed by atoms with Gasteiger partial charge in [0.05, 0.1) is 35.6 Å². The third kappa shape index (κ3) is 3.82. The predicted octanol–water partition coefficient (Wildman–Crippen LogP) is 3.89. The van der Waals surface area contributed by atoms with E-state index in [9.17, 15) is 5.11 Å². The lowest BCUT2D eigenvalue weighted by Gasteiger charge is -2.30. The summed E-state index contributed by atoms with van der Waals surface area (Å²) in [6, 6.07) is 17.2. The molecule has 0 bridgehead atoms. The zero-order valence-electron chi connectivity index (χ0n) is 16.3. The number of rotatable bonds is 5. The first kappa shape index (κ1) is 18.5. The van der Waals surface area contributed by atoms with Crippen molar-refractivity contribution in [1.82, 2.24) is 15.0 Å². The molecular weight excluding hydrogens is 378 g/mol. The van der Waals surface area contributed by atoms with Crippen molar-refractivity contribution in [2.24, 2.45) is 5.92 Å². The van der Waals surface area contributed by atoms with E-state index in [-0.39, 0.29) is 5.92 Å². The van der Waals surface area contributed by atoms with E-state index in [1.54, 1.807) is 12.4 Å². The molecule has 2 aromatic carbocycles. The van der Waals surface area contributed by atoms with E-state index in [1.165, 1.54) is 0 Å². The Morgan fingerprint density at radius 2 is 1.93 bits per heavy atom. The Balaban J connectivity index is 1.30. The molecule has 0 radical (unpaired) electrons. The highest BCUT2D eigenvalue weighted by Crippen LogP contribution is 2.39. The zero-order valence-corrected chi connectivity index (χ0v) is 16.3. The molecule has 4 aromatic rings. The Labute approximate surface area is 174 Å². The van der Waals surface area contributed by atoms with Gasteiger partial charge in [0.15, 0.2) is 0 Å². The third-order valence-electron chi connectivity index (χ3n) is 5.31. The van der Waals surface area contributed by atoms with Crippen molar-refractivity contribution in [2.45, 2.75) is 19.1 Å². The summed E-state index contributed by atoms with van der Waals surface area (Å²) >= 11 is 0. The maximum atomic E-state index is 10.9. The number of nitrogens with zero attached hydrogens (tertiary/aromatic N) is 3. The van der Waals surface area contributed by atoms with Crippen molar-refractivity contribution in [1.29, 1.82) is 0 Å². The lowest BCUT2D eigenvalue weighted by atomic mass is 9.88. The van der Waals surface area contributed by atoms with Crippen LogP contribution in [0.5, 0.6) is 11.5 Å². The normalized spacial score (nSPS) is 17.9. The minimum Gasteiger partial charge on any atom is -0.493 e. The van der Waals surface area contributed by atoms with Crippen LogP contribution in [0.1, 0.15) is 22.9 Å². The van der Waals surface area contributed by atoms with E-state index in [0.717, 1.165) is 27.9 Å². The van der Waals surface area contributed by atoms with Crippen LogP contribution in [0, 0.1) is 5.92 Å². The molecule has 2 unspecified atom stereocenters. The fraction of sp³-hybridized carbons (Fsp3) is 0.208. The van der Waals surface area contributed by atoms with E-state index in [4.69, 9.17) is 9.47 Å². The molecule has 6 heteroatoms. The van der Waals surface area contributed by atoms with Crippen LogP contribution >= 0.6 is 0 Å². The Morgan fingerprint density at radius 3 is 2.80 bits per heavy atom. The number of fused-ring (bicyclic) bond motifs is 2. The molecule has 1 aliphatic rings. The molecular formula is C24H21N3O3. The predicted molar refractivity (Wildman–Crippen MR) is 112 cm³/mol. The average molecular weight is 399 g/mol. The van der Waals surface area contributed by atoms with Gasteiger partial charge in [0.25, 0.3) is 0 Å². The van der Waals surface area contributed by atoms with Crippen molar-refractivity contribution in [3.05, 3.63) is 90.0 Å². The summed E-state index contributed by atoms with van der Waals surface area (Å²) in [6.45, 7) is 0.766. The van der Waals surface area contributed by atoms with Crippen LogP contribution in [0.4, 0.5) is 0 Å². The Kier molecular flexibility index (Phi) is 4.99. The highest BCUT2D eigenvalue weighted by Gasteiger charge is 2.30. The highest BCUT2D eigenvalue weighted by atomic mass is 16.5. The minimum atomic E-state index is -0.627. The van der Waals surface area contributed by atoms with E-state index < -0.39 is 6.10 Å². The van der Waals surface area contributed by atoms with Crippen molar-refractivity contribution >= 4 is 11.0 Å². The molecule has 0 saturated carbocycles. The zero-order chi connectivity index (χ0) is 20.3. The lowest BCUT2D eigenvalue weighted by molar-refractivity contribution is 0.0504. The van der Waals surface area contributed by atoms with Gasteiger partial charge in [-0.15, -0.1) is 0 Å². The van der Waals surface area contributed by atoms with Crippen molar-refractivity contribution in [2.75, 3.05) is 6.61 Å². The first-order valence-electron chi connectivity index (χ1n) is 9.93. The molecule has 150 valence electrons. The van der Waals surface area contributed by atoms with Gasteiger partial charge in [-0.25, -0.2) is 4.98 Å². The second-order valence-electron chi connectivity index (χ2n) is 7.42. The monoisotopic (exact) mass is 399 g/mol. The summed E-state index contributed by atoms with van der Waals surface area (Å²) < 4.78 is 11.8. The van der Waals surface area contributed by atoms with Crippen LogP contribution in [-0.2, 0) is 13.0 Å². The molecule has 0 aliphatic carbocycles. The molecule has 5 rings (SSSR count). The molecule has 30 heavy (non-hydrogen) atoms. The van der Waals surface area contributed by atoms with E-state index in [0.29, 0.717) is 31.1 Å². The van der Waals surface area contributed by atoms with Gasteiger partial charge in [-0.1, -0.05) is 18.2 Å². The summed E-state index contributed by atoms with van der Waals surface area (Å²) in [7, 11) is 0. The number of hydrogen-bond acceptors (Lipinski definition) is 6. The molecule has 0 saturated heterocycles. The first-order chi connectivity index (χ1) is 14.8. The van der Waals surface area contributed by atoms with Crippen molar-refractivity contribution < 1.29 is 14.6 Å². The largest absolute Gasteiger partial charge is 0.493 e. The van der Waals surface area contributed by atoms with Gasteiger partial charge < -0.3 is 14.6 Å². The van der Waals surface area contributed by atoms with Crippen LogP contribution < -0.4 is 9.47 Å². The van der Waals surface area contributed by atoms with Crippen LogP contribution in [0.25, 0.3) is 11.0 Å². The van der Waals surface area contributed by atoms with Crippen molar-refractivity contribution in [3.8, 4) is 11.5 Å². The topological polar surface area (TPSA) is 77.4 Å². The molecule has 2 atom stereocenters. The van der Waals surface area contributed by atoms with Gasteiger partial charge >= 0.3 is 0 Å². The molecule has 1 N–H and O–H groups in total. The molecule has 0 amide bonds. The second-order valence-corrected chi connectivity index (χ2v) is 7.42. The Bertz CT molecular complexity index is 1170.